The second kappa shape index (κ2) is 8.11. The average molecular weight is 292 g/mol. The first-order valence-electron chi connectivity index (χ1n) is 6.51. The molecule has 1 unspecified atom stereocenters. The minimum Gasteiger partial charge on any atom is -0.406 e. The summed E-state index contributed by atoms with van der Waals surface area (Å²) in [7, 11) is 0. The van der Waals surface area contributed by atoms with E-state index in [2.05, 4.69) is 4.74 Å². The quantitative estimate of drug-likeness (QED) is 0.747. The van der Waals surface area contributed by atoms with Crippen LogP contribution >= 0.6 is 0 Å². The molecule has 20 heavy (non-hydrogen) atoms. The summed E-state index contributed by atoms with van der Waals surface area (Å²) in [6, 6.07) is 5.50. The van der Waals surface area contributed by atoms with Gasteiger partial charge in [-0.05, 0) is 37.0 Å². The minimum absolute atomic E-state index is 0.262. The highest BCUT2D eigenvalue weighted by molar-refractivity contribution is 5.27. The number of alkyl halides is 3. The van der Waals surface area contributed by atoms with E-state index in [0.29, 0.717) is 26.1 Å². The van der Waals surface area contributed by atoms with Gasteiger partial charge >= 0.3 is 6.36 Å². The van der Waals surface area contributed by atoms with Gasteiger partial charge < -0.3 is 14.6 Å². The summed E-state index contributed by atoms with van der Waals surface area (Å²) in [5, 5.41) is 9.77. The Bertz CT molecular complexity index is 376. The van der Waals surface area contributed by atoms with E-state index in [1.165, 1.54) is 24.3 Å². The van der Waals surface area contributed by atoms with Crippen molar-refractivity contribution in [2.75, 3.05) is 13.2 Å². The zero-order valence-corrected chi connectivity index (χ0v) is 11.3. The van der Waals surface area contributed by atoms with Gasteiger partial charge in [-0.2, -0.15) is 0 Å². The SMILES string of the molecule is CCCOCCC(O)Cc1ccc(OC(F)(F)F)cc1. The summed E-state index contributed by atoms with van der Waals surface area (Å²) in [5.74, 6) is -0.262. The Morgan fingerprint density at radius 1 is 1.15 bits per heavy atom. The number of hydrogen-bond acceptors (Lipinski definition) is 3. The normalized spacial score (nSPS) is 13.2. The molecule has 0 spiro atoms. The number of hydrogen-bond donors (Lipinski definition) is 1. The Hall–Kier alpha value is -1.27. The van der Waals surface area contributed by atoms with Crippen LogP contribution in [0.1, 0.15) is 25.3 Å². The molecule has 1 aromatic carbocycles. The molecule has 0 saturated carbocycles. The van der Waals surface area contributed by atoms with Crippen LogP contribution in [-0.2, 0) is 11.2 Å². The molecule has 0 aliphatic rings. The van der Waals surface area contributed by atoms with Gasteiger partial charge in [0.2, 0.25) is 0 Å². The number of benzene rings is 1. The van der Waals surface area contributed by atoms with Crippen molar-refractivity contribution in [3.63, 3.8) is 0 Å². The van der Waals surface area contributed by atoms with E-state index in [1.807, 2.05) is 6.92 Å². The van der Waals surface area contributed by atoms with Crippen LogP contribution in [0.2, 0.25) is 0 Å². The van der Waals surface area contributed by atoms with Crippen molar-refractivity contribution < 1.29 is 27.8 Å². The van der Waals surface area contributed by atoms with Crippen LogP contribution in [0.4, 0.5) is 13.2 Å². The highest BCUT2D eigenvalue weighted by Gasteiger charge is 2.30. The predicted molar refractivity (Wildman–Crippen MR) is 68.6 cm³/mol. The van der Waals surface area contributed by atoms with E-state index in [-0.39, 0.29) is 5.75 Å². The van der Waals surface area contributed by atoms with E-state index >= 15 is 0 Å². The number of aliphatic hydroxyl groups is 1. The molecule has 0 saturated heterocycles. The van der Waals surface area contributed by atoms with Crippen LogP contribution in [-0.4, -0.2) is 30.8 Å². The first-order valence-corrected chi connectivity index (χ1v) is 6.51. The fourth-order valence-electron chi connectivity index (χ4n) is 1.67. The van der Waals surface area contributed by atoms with E-state index < -0.39 is 12.5 Å². The van der Waals surface area contributed by atoms with Gasteiger partial charge in [0.15, 0.2) is 0 Å². The summed E-state index contributed by atoms with van der Waals surface area (Å²) >= 11 is 0. The zero-order valence-electron chi connectivity index (χ0n) is 11.3. The topological polar surface area (TPSA) is 38.7 Å². The molecule has 0 bridgehead atoms. The molecule has 0 fully saturated rings. The Morgan fingerprint density at radius 3 is 2.35 bits per heavy atom. The van der Waals surface area contributed by atoms with Crippen LogP contribution in [0.15, 0.2) is 24.3 Å². The molecule has 0 amide bonds. The lowest BCUT2D eigenvalue weighted by atomic mass is 10.1. The first-order chi connectivity index (χ1) is 9.40. The van der Waals surface area contributed by atoms with Crippen LogP contribution in [0.3, 0.4) is 0 Å². The molecule has 3 nitrogen and oxygen atoms in total. The fraction of sp³-hybridized carbons (Fsp3) is 0.571. The third-order valence-corrected chi connectivity index (χ3v) is 2.57. The maximum Gasteiger partial charge on any atom is 0.573 e. The second-order valence-corrected chi connectivity index (χ2v) is 4.45. The van der Waals surface area contributed by atoms with Gasteiger partial charge in [0.25, 0.3) is 0 Å². The average Bonchev–Trinajstić information content (AvgIpc) is 2.35. The molecule has 0 radical (unpaired) electrons. The third kappa shape index (κ3) is 7.35. The van der Waals surface area contributed by atoms with E-state index in [0.717, 1.165) is 12.0 Å². The van der Waals surface area contributed by atoms with Crippen molar-refractivity contribution in [2.45, 2.75) is 38.7 Å². The lowest BCUT2D eigenvalue weighted by Gasteiger charge is -2.12. The molecule has 1 aromatic rings. The second-order valence-electron chi connectivity index (χ2n) is 4.45. The van der Waals surface area contributed by atoms with Crippen molar-refractivity contribution in [2.24, 2.45) is 0 Å². The first kappa shape index (κ1) is 16.8. The van der Waals surface area contributed by atoms with Crippen molar-refractivity contribution in [3.05, 3.63) is 29.8 Å². The summed E-state index contributed by atoms with van der Waals surface area (Å²) in [6.07, 6.45) is -3.45. The largest absolute Gasteiger partial charge is 0.573 e. The molecule has 6 heteroatoms. The van der Waals surface area contributed by atoms with E-state index in [4.69, 9.17) is 4.74 Å². The van der Waals surface area contributed by atoms with Gasteiger partial charge in [0.1, 0.15) is 5.75 Å². The number of aliphatic hydroxyl groups excluding tert-OH is 1. The minimum atomic E-state index is -4.68. The summed E-state index contributed by atoms with van der Waals surface area (Å²) in [6.45, 7) is 3.14. The van der Waals surface area contributed by atoms with Gasteiger partial charge in [0.05, 0.1) is 6.10 Å². The van der Waals surface area contributed by atoms with Crippen LogP contribution in [0.25, 0.3) is 0 Å². The molecule has 0 aromatic heterocycles. The lowest BCUT2D eigenvalue weighted by Crippen LogP contribution is -2.17. The highest BCUT2D eigenvalue weighted by Crippen LogP contribution is 2.23. The van der Waals surface area contributed by atoms with Gasteiger partial charge in [-0.15, -0.1) is 13.2 Å². The lowest BCUT2D eigenvalue weighted by molar-refractivity contribution is -0.274. The maximum absolute atomic E-state index is 12.0. The monoisotopic (exact) mass is 292 g/mol. The Balaban J connectivity index is 2.37. The smallest absolute Gasteiger partial charge is 0.406 e. The number of halogens is 3. The molecule has 114 valence electrons. The standard InChI is InChI=1S/C14H19F3O3/c1-2-8-19-9-7-12(18)10-11-3-5-13(6-4-11)20-14(15,16)17/h3-6,12,18H,2,7-10H2,1H3. The Kier molecular flexibility index (Phi) is 6.81. The Morgan fingerprint density at radius 2 is 1.80 bits per heavy atom. The van der Waals surface area contributed by atoms with Gasteiger partial charge in [-0.25, -0.2) is 0 Å². The van der Waals surface area contributed by atoms with E-state index in [9.17, 15) is 18.3 Å². The molecule has 1 N–H and O–H groups in total. The van der Waals surface area contributed by atoms with Crippen molar-refractivity contribution in [3.8, 4) is 5.75 Å². The molecule has 0 heterocycles. The van der Waals surface area contributed by atoms with Crippen molar-refractivity contribution in [1.82, 2.24) is 0 Å². The maximum atomic E-state index is 12.0. The number of rotatable bonds is 8. The van der Waals surface area contributed by atoms with Gasteiger partial charge in [-0.3, -0.25) is 0 Å². The van der Waals surface area contributed by atoms with Crippen LogP contribution in [0.5, 0.6) is 5.75 Å². The summed E-state index contributed by atoms with van der Waals surface area (Å²) in [4.78, 5) is 0. The molecule has 0 aliphatic heterocycles. The van der Waals surface area contributed by atoms with Crippen LogP contribution < -0.4 is 4.74 Å². The van der Waals surface area contributed by atoms with E-state index in [1.54, 1.807) is 0 Å². The van der Waals surface area contributed by atoms with Gasteiger partial charge in [-0.1, -0.05) is 19.1 Å². The molecule has 0 aliphatic carbocycles. The van der Waals surface area contributed by atoms with Crippen molar-refractivity contribution >= 4 is 0 Å². The predicted octanol–water partition coefficient (Wildman–Crippen LogP) is 3.31. The zero-order chi connectivity index (χ0) is 15.0. The van der Waals surface area contributed by atoms with Crippen molar-refractivity contribution in [1.29, 1.82) is 0 Å². The highest BCUT2D eigenvalue weighted by atomic mass is 19.4. The molecule has 1 atom stereocenters. The van der Waals surface area contributed by atoms with Crippen LogP contribution in [0, 0.1) is 0 Å². The molecular weight excluding hydrogens is 273 g/mol. The fourth-order valence-corrected chi connectivity index (χ4v) is 1.67. The van der Waals surface area contributed by atoms with Gasteiger partial charge in [0, 0.05) is 13.2 Å². The summed E-state index contributed by atoms with van der Waals surface area (Å²) in [5.41, 5.74) is 0.752. The third-order valence-electron chi connectivity index (χ3n) is 2.57. The number of ether oxygens (including phenoxy) is 2. The Labute approximate surface area is 116 Å². The molecule has 1 rings (SSSR count). The molecular formula is C14H19F3O3. The summed E-state index contributed by atoms with van der Waals surface area (Å²) < 4.78 is 45.0.